The first-order chi connectivity index (χ1) is 29.8. The fourth-order valence-electron chi connectivity index (χ4n) is 9.74. The first-order valence-corrected chi connectivity index (χ1v) is 23.0. The summed E-state index contributed by atoms with van der Waals surface area (Å²) in [5.41, 5.74) is 8.39. The monoisotopic (exact) mass is 851 g/mol. The van der Waals surface area contributed by atoms with Crippen molar-refractivity contribution in [2.24, 2.45) is 5.92 Å². The quantitative estimate of drug-likeness (QED) is 0.0385. The van der Waals surface area contributed by atoms with Crippen LogP contribution in [0.3, 0.4) is 0 Å². The third-order valence-corrected chi connectivity index (χ3v) is 13.4. The summed E-state index contributed by atoms with van der Waals surface area (Å²) < 4.78 is 4.16. The maximum Gasteiger partial charge on any atom is 0.220 e. The van der Waals surface area contributed by atoms with Gasteiger partial charge in [-0.25, -0.2) is 0 Å². The van der Waals surface area contributed by atoms with Crippen LogP contribution in [0.4, 0.5) is 11.4 Å². The lowest BCUT2D eigenvalue weighted by molar-refractivity contribution is -0.401. The number of aromatic nitrogens is 3. The van der Waals surface area contributed by atoms with Crippen LogP contribution in [0.15, 0.2) is 90.8 Å². The zero-order valence-electron chi connectivity index (χ0n) is 37.7. The van der Waals surface area contributed by atoms with Crippen molar-refractivity contribution in [2.75, 3.05) is 31.6 Å². The van der Waals surface area contributed by atoms with E-state index in [2.05, 4.69) is 144 Å². The Morgan fingerprint density at radius 3 is 2.31 bits per heavy atom. The minimum atomic E-state index is -1.21. The van der Waals surface area contributed by atoms with Crippen molar-refractivity contribution < 1.29 is 29.8 Å². The van der Waals surface area contributed by atoms with E-state index in [-0.39, 0.29) is 29.4 Å². The molecule has 5 atom stereocenters. The van der Waals surface area contributed by atoms with Crippen molar-refractivity contribution in [1.29, 1.82) is 0 Å². The number of para-hydroxylation sites is 2. The molecule has 1 amide bonds. The van der Waals surface area contributed by atoms with E-state index in [4.69, 9.17) is 0 Å². The normalized spacial score (nSPS) is 23.5. The van der Waals surface area contributed by atoms with Gasteiger partial charge in [-0.2, -0.15) is 4.58 Å². The van der Waals surface area contributed by atoms with E-state index in [0.717, 1.165) is 83.1 Å². The topological polar surface area (TPSA) is 159 Å². The van der Waals surface area contributed by atoms with Gasteiger partial charge in [0.05, 0.1) is 30.4 Å². The number of carbonyl (C=O) groups is 1. The maximum atomic E-state index is 12.7. The molecule has 0 saturated heterocycles. The molecule has 1 aromatic heterocycles. The summed E-state index contributed by atoms with van der Waals surface area (Å²) in [6.07, 6.45) is 19.5. The Morgan fingerprint density at radius 2 is 1.53 bits per heavy atom. The largest absolute Gasteiger partial charge is 0.396 e. The highest BCUT2D eigenvalue weighted by molar-refractivity contribution is 6.03. The van der Waals surface area contributed by atoms with Crippen LogP contribution >= 0.6 is 0 Å². The molecular weight excluding hydrogens is 779 g/mol. The molecule has 1 saturated carbocycles. The van der Waals surface area contributed by atoms with Gasteiger partial charge in [-0.1, -0.05) is 106 Å². The number of unbranched alkanes of at least 4 members (excludes halogenated alkanes) is 7. The van der Waals surface area contributed by atoms with Crippen molar-refractivity contribution >= 4 is 23.0 Å². The second-order valence-corrected chi connectivity index (χ2v) is 18.5. The van der Waals surface area contributed by atoms with Crippen LogP contribution in [0.2, 0.25) is 0 Å². The van der Waals surface area contributed by atoms with E-state index < -0.39 is 24.2 Å². The van der Waals surface area contributed by atoms with Gasteiger partial charge in [-0.15, -0.1) is 5.10 Å². The van der Waals surface area contributed by atoms with Crippen molar-refractivity contribution in [3.8, 4) is 0 Å². The molecule has 6 rings (SSSR count). The summed E-state index contributed by atoms with van der Waals surface area (Å²) in [7, 11) is 2.15. The highest BCUT2D eigenvalue weighted by atomic mass is 16.4. The first kappa shape index (κ1) is 47.0. The first-order valence-electron chi connectivity index (χ1n) is 23.0. The molecule has 3 aromatic rings. The van der Waals surface area contributed by atoms with Gasteiger partial charge in [0.25, 0.3) is 0 Å². The van der Waals surface area contributed by atoms with Crippen molar-refractivity contribution in [2.45, 2.75) is 147 Å². The molecule has 2 aromatic carbocycles. The SMILES string of the molecule is C[N+]1=C(/C=C/C=C/C=C2/N(CCCCCC(=O)NCc3cn(CCCCCCCCN[C@@H]4C[C@H](O)[C@@H](O)[C@H](O)[C@H]4CO)nn3)c3ccccc3C2(C)C)C(C)(C)c2ccccc21. The van der Waals surface area contributed by atoms with Crippen LogP contribution in [0.25, 0.3) is 0 Å². The number of aryl methyl sites for hydroxylation is 1. The lowest BCUT2D eigenvalue weighted by Crippen LogP contribution is -2.58. The zero-order valence-corrected chi connectivity index (χ0v) is 37.7. The molecule has 1 aliphatic carbocycles. The zero-order chi connectivity index (χ0) is 44.3. The molecule has 1 fully saturated rings. The third kappa shape index (κ3) is 11.2. The standard InChI is InChI=1S/C50H71N7O5/c1-49(2)38-22-15-17-24-41(38)55(5)44(49)26-12-10-13-27-45-50(3,4)39-23-16-18-25-42(39)57(45)31-21-11-14-28-46(60)52-33-36-34-56(54-53-36)30-20-9-7-6-8-19-29-51-40-32-43(59)48(62)47(61)37(40)35-58/h10,12-13,15-18,22-27,34,37,40,43,47-48,51,58-59,61-62H,6-9,11,14,19-21,28-33,35H2,1-5H3/p+1/t37-,40+,43-,47+,48+/m0/s1. The van der Waals surface area contributed by atoms with Crippen LogP contribution in [0.1, 0.15) is 115 Å². The third-order valence-electron chi connectivity index (χ3n) is 13.4. The van der Waals surface area contributed by atoms with Crippen LogP contribution in [-0.4, -0.2) is 103 Å². The van der Waals surface area contributed by atoms with Crippen LogP contribution in [0, 0.1) is 5.92 Å². The Morgan fingerprint density at radius 1 is 0.839 bits per heavy atom. The van der Waals surface area contributed by atoms with E-state index in [9.17, 15) is 25.2 Å². The van der Waals surface area contributed by atoms with Gasteiger partial charge in [-0.3, -0.25) is 9.48 Å². The molecule has 336 valence electrons. The smallest absolute Gasteiger partial charge is 0.220 e. The number of nitrogens with one attached hydrogen (secondary N) is 2. The number of fused-ring (bicyclic) bond motifs is 2. The number of nitrogens with zero attached hydrogens (tertiary/aromatic N) is 5. The summed E-state index contributed by atoms with van der Waals surface area (Å²) >= 11 is 0. The Bertz CT molecular complexity index is 2070. The molecule has 3 heterocycles. The van der Waals surface area contributed by atoms with Crippen LogP contribution in [-0.2, 0) is 28.7 Å². The minimum Gasteiger partial charge on any atom is -0.396 e. The van der Waals surface area contributed by atoms with Gasteiger partial charge in [0.1, 0.15) is 18.8 Å². The number of rotatable bonds is 22. The van der Waals surface area contributed by atoms with Gasteiger partial charge in [-0.05, 0) is 70.2 Å². The predicted molar refractivity (Wildman–Crippen MR) is 247 cm³/mol. The summed E-state index contributed by atoms with van der Waals surface area (Å²) in [4.78, 5) is 15.2. The number of amides is 1. The molecule has 3 aliphatic rings. The van der Waals surface area contributed by atoms with Crippen LogP contribution < -0.4 is 15.5 Å². The van der Waals surface area contributed by atoms with Gasteiger partial charge in [0.15, 0.2) is 5.71 Å². The molecule has 2 aliphatic heterocycles. The molecule has 0 unspecified atom stereocenters. The second kappa shape index (κ2) is 21.8. The Hall–Kier alpha value is -4.46. The highest BCUT2D eigenvalue weighted by Gasteiger charge is 2.43. The summed E-state index contributed by atoms with van der Waals surface area (Å²) in [6.45, 7) is 11.8. The lowest BCUT2D eigenvalue weighted by atomic mass is 9.79. The van der Waals surface area contributed by atoms with Gasteiger partial charge in [0.2, 0.25) is 11.6 Å². The predicted octanol–water partition coefficient (Wildman–Crippen LogP) is 6.35. The number of allylic oxidation sites excluding steroid dienone is 6. The van der Waals surface area contributed by atoms with Gasteiger partial charge in [0, 0.05) is 72.6 Å². The highest BCUT2D eigenvalue weighted by Crippen LogP contribution is 2.47. The average molecular weight is 851 g/mol. The van der Waals surface area contributed by atoms with Crippen molar-refractivity contribution in [3.63, 3.8) is 0 Å². The molecule has 0 radical (unpaired) electrons. The number of hydrogen-bond acceptors (Lipinski definition) is 9. The summed E-state index contributed by atoms with van der Waals surface area (Å²) in [5.74, 6) is -0.440. The molecule has 0 spiro atoms. The maximum absolute atomic E-state index is 12.7. The number of carbonyl (C=O) groups excluding carboxylic acids is 1. The number of anilines is 1. The van der Waals surface area contributed by atoms with Gasteiger partial charge < -0.3 is 36.0 Å². The number of aliphatic hydroxyl groups is 4. The van der Waals surface area contributed by atoms with E-state index in [0.29, 0.717) is 19.4 Å². The van der Waals surface area contributed by atoms with Crippen LogP contribution in [0.5, 0.6) is 0 Å². The van der Waals surface area contributed by atoms with Gasteiger partial charge >= 0.3 is 0 Å². The molecule has 0 bridgehead atoms. The summed E-state index contributed by atoms with van der Waals surface area (Å²) in [5, 5.41) is 54.6. The van der Waals surface area contributed by atoms with E-state index in [1.807, 2.05) is 10.9 Å². The molecule has 6 N–H and O–H groups in total. The molecular formula is C50H72N7O5+. The molecule has 12 heteroatoms. The number of hydrogen-bond donors (Lipinski definition) is 6. The van der Waals surface area contributed by atoms with Crippen molar-refractivity contribution in [3.05, 3.63) is 108 Å². The number of benzene rings is 2. The van der Waals surface area contributed by atoms with Crippen molar-refractivity contribution in [1.82, 2.24) is 25.6 Å². The molecule has 12 nitrogen and oxygen atoms in total. The number of aliphatic hydroxyl groups excluding tert-OH is 4. The average Bonchev–Trinajstić information content (AvgIpc) is 3.86. The fraction of sp³-hybridized carbons (Fsp3) is 0.560. The summed E-state index contributed by atoms with van der Waals surface area (Å²) in [6, 6.07) is 17.2. The van der Waals surface area contributed by atoms with E-state index >= 15 is 0 Å². The second-order valence-electron chi connectivity index (χ2n) is 18.5. The Balaban J connectivity index is 0.858. The Kier molecular flexibility index (Phi) is 16.5. The lowest BCUT2D eigenvalue weighted by Gasteiger charge is -2.40. The molecule has 62 heavy (non-hydrogen) atoms. The fourth-order valence-corrected chi connectivity index (χ4v) is 9.74. The Labute approximate surface area is 369 Å². The van der Waals surface area contributed by atoms with E-state index in [1.165, 1.54) is 33.9 Å². The van der Waals surface area contributed by atoms with E-state index in [1.54, 1.807) is 0 Å². The minimum absolute atomic E-state index is 0.0383.